The Morgan fingerprint density at radius 1 is 0.958 bits per heavy atom. The average Bonchev–Trinajstić information content (AvgIpc) is 3.74. The highest BCUT2D eigenvalue weighted by Crippen LogP contribution is 2.36. The molecule has 4 heterocycles. The summed E-state index contributed by atoms with van der Waals surface area (Å²) in [5.74, 6) is 2.46. The van der Waals surface area contributed by atoms with Crippen LogP contribution in [0.15, 0.2) is 71.4 Å². The van der Waals surface area contributed by atoms with E-state index in [1.807, 2.05) is 18.2 Å². The van der Waals surface area contributed by atoms with Crippen LogP contribution in [0.3, 0.4) is 0 Å². The second-order valence-electron chi connectivity index (χ2n) is 13.1. The maximum atomic E-state index is 9.31. The van der Waals surface area contributed by atoms with E-state index >= 15 is 0 Å². The second-order valence-corrected chi connectivity index (χ2v) is 13.5. The summed E-state index contributed by atoms with van der Waals surface area (Å²) in [6.07, 6.45) is 8.01. The topological polar surface area (TPSA) is 87.7 Å². The lowest BCUT2D eigenvalue weighted by molar-refractivity contribution is 0.214. The van der Waals surface area contributed by atoms with Gasteiger partial charge in [0.25, 0.3) is 0 Å². The number of halogens is 1. The van der Waals surface area contributed by atoms with E-state index in [-0.39, 0.29) is 6.61 Å². The van der Waals surface area contributed by atoms with Crippen molar-refractivity contribution < 1.29 is 13.9 Å². The van der Waals surface area contributed by atoms with Gasteiger partial charge in [0.1, 0.15) is 36.3 Å². The molecule has 8 nitrogen and oxygen atoms in total. The van der Waals surface area contributed by atoms with Gasteiger partial charge in [-0.15, -0.1) is 0 Å². The van der Waals surface area contributed by atoms with Crippen molar-refractivity contribution in [3.8, 4) is 28.7 Å². The van der Waals surface area contributed by atoms with Gasteiger partial charge in [-0.1, -0.05) is 42.3 Å². The number of nitriles is 1. The molecule has 2 aliphatic rings. The minimum atomic E-state index is 0.285. The molecule has 1 unspecified atom stereocenters. The molecule has 0 radical (unpaired) electrons. The first-order valence-electron chi connectivity index (χ1n) is 16.8. The molecule has 7 rings (SSSR count). The van der Waals surface area contributed by atoms with Gasteiger partial charge in [0.05, 0.1) is 10.6 Å². The highest BCUT2D eigenvalue weighted by atomic mass is 35.5. The third-order valence-electron chi connectivity index (χ3n) is 9.56. The van der Waals surface area contributed by atoms with Crippen LogP contribution in [0.1, 0.15) is 65.3 Å². The van der Waals surface area contributed by atoms with Crippen molar-refractivity contribution in [2.75, 3.05) is 33.2 Å². The molecule has 0 N–H and O–H groups in total. The van der Waals surface area contributed by atoms with E-state index in [0.717, 1.165) is 95.3 Å². The van der Waals surface area contributed by atoms with Crippen LogP contribution >= 0.6 is 11.6 Å². The van der Waals surface area contributed by atoms with E-state index in [1.165, 1.54) is 19.3 Å². The van der Waals surface area contributed by atoms with Gasteiger partial charge in [-0.05, 0) is 99.4 Å². The smallest absolute Gasteiger partial charge is 0.199 e. The molecule has 48 heavy (non-hydrogen) atoms. The average molecular weight is 662 g/mol. The van der Waals surface area contributed by atoms with Gasteiger partial charge in [-0.3, -0.25) is 9.88 Å². The van der Waals surface area contributed by atoms with E-state index in [0.29, 0.717) is 28.9 Å². The largest absolute Gasteiger partial charge is 0.488 e. The fourth-order valence-electron chi connectivity index (χ4n) is 6.82. The Morgan fingerprint density at radius 2 is 1.81 bits per heavy atom. The molecule has 2 fully saturated rings. The first kappa shape index (κ1) is 32.1. The summed E-state index contributed by atoms with van der Waals surface area (Å²) < 4.78 is 18.9. The number of hydrogen-bond acceptors (Lipinski definition) is 8. The van der Waals surface area contributed by atoms with Crippen molar-refractivity contribution in [2.24, 2.45) is 0 Å². The number of likely N-dealkylation sites (N-methyl/N-ethyl adjacent to an activating group) is 1. The van der Waals surface area contributed by atoms with Crippen LogP contribution in [0.5, 0.6) is 11.5 Å². The van der Waals surface area contributed by atoms with E-state index < -0.39 is 0 Å². The fraction of sp³-hybridized carbons (Fsp3) is 0.359. The van der Waals surface area contributed by atoms with Crippen molar-refractivity contribution in [1.29, 1.82) is 5.26 Å². The zero-order valence-electron chi connectivity index (χ0n) is 27.5. The number of benzene rings is 3. The number of aromatic nitrogens is 2. The summed E-state index contributed by atoms with van der Waals surface area (Å²) in [6, 6.07) is 20.4. The van der Waals surface area contributed by atoms with E-state index in [4.69, 9.17) is 30.5 Å². The Labute approximate surface area is 286 Å². The highest BCUT2D eigenvalue weighted by molar-refractivity contribution is 6.32. The summed E-state index contributed by atoms with van der Waals surface area (Å²) in [6.45, 7) is 7.68. The number of hydrogen-bond donors (Lipinski definition) is 0. The number of ether oxygens (including phenoxy) is 2. The summed E-state index contributed by atoms with van der Waals surface area (Å²) in [7, 11) is 2.14. The van der Waals surface area contributed by atoms with Crippen LogP contribution in [0.4, 0.5) is 0 Å². The number of oxazole rings is 1. The van der Waals surface area contributed by atoms with Gasteiger partial charge in [-0.25, -0.2) is 4.98 Å². The zero-order chi connectivity index (χ0) is 33.0. The molecule has 0 amide bonds. The van der Waals surface area contributed by atoms with Crippen LogP contribution in [0, 0.1) is 18.3 Å². The van der Waals surface area contributed by atoms with Crippen molar-refractivity contribution in [1.82, 2.24) is 19.8 Å². The number of rotatable bonds is 10. The third kappa shape index (κ3) is 7.19. The molecular weight excluding hydrogens is 622 g/mol. The van der Waals surface area contributed by atoms with Crippen LogP contribution in [-0.4, -0.2) is 53.0 Å². The minimum Gasteiger partial charge on any atom is -0.488 e. The number of pyridine rings is 1. The highest BCUT2D eigenvalue weighted by Gasteiger charge is 2.26. The standard InChI is InChI=1S/C39H40ClN5O3/c1-26-31(7-6-8-33(26)29-9-10-36-35(17-29)43-39(48-36)30-11-14-44(2)22-30)25-47-38-18-37(46-24-28-15-27(19-41)20-42-21-28)32(16-34(38)40)23-45-12-4-3-5-13-45/h6-10,15-18,20-21,30H,3-5,11-14,22-25H2,1-2H3. The Bertz CT molecular complexity index is 1960. The number of likely N-dealkylation sites (tertiary alicyclic amines) is 2. The lowest BCUT2D eigenvalue weighted by Crippen LogP contribution is -2.29. The molecule has 5 aromatic rings. The molecule has 3 aromatic carbocycles. The van der Waals surface area contributed by atoms with Gasteiger partial charge in [0.15, 0.2) is 11.5 Å². The van der Waals surface area contributed by atoms with Crippen molar-refractivity contribution in [3.05, 3.63) is 106 Å². The molecule has 0 spiro atoms. The molecule has 0 bridgehead atoms. The molecule has 0 aliphatic carbocycles. The predicted octanol–water partition coefficient (Wildman–Crippen LogP) is 8.29. The molecule has 2 aliphatic heterocycles. The minimum absolute atomic E-state index is 0.285. The van der Waals surface area contributed by atoms with Crippen LogP contribution < -0.4 is 9.47 Å². The predicted molar refractivity (Wildman–Crippen MR) is 187 cm³/mol. The lowest BCUT2D eigenvalue weighted by Gasteiger charge is -2.27. The summed E-state index contributed by atoms with van der Waals surface area (Å²) in [4.78, 5) is 13.8. The van der Waals surface area contributed by atoms with Gasteiger partial charge < -0.3 is 18.8 Å². The Balaban J connectivity index is 1.11. The first-order chi connectivity index (χ1) is 23.4. The van der Waals surface area contributed by atoms with E-state index in [9.17, 15) is 5.26 Å². The van der Waals surface area contributed by atoms with Gasteiger partial charge >= 0.3 is 0 Å². The number of fused-ring (bicyclic) bond motifs is 1. The molecule has 0 saturated carbocycles. The zero-order valence-corrected chi connectivity index (χ0v) is 28.3. The number of piperidine rings is 1. The molecular formula is C39H40ClN5O3. The van der Waals surface area contributed by atoms with Gasteiger partial charge in [0, 0.05) is 48.6 Å². The van der Waals surface area contributed by atoms with Crippen LogP contribution in [0.25, 0.3) is 22.2 Å². The summed E-state index contributed by atoms with van der Waals surface area (Å²) in [5, 5.41) is 9.86. The van der Waals surface area contributed by atoms with Crippen LogP contribution in [0.2, 0.25) is 5.02 Å². The van der Waals surface area contributed by atoms with Crippen molar-refractivity contribution in [2.45, 2.75) is 58.3 Å². The number of nitrogens with zero attached hydrogens (tertiary/aromatic N) is 5. The quantitative estimate of drug-likeness (QED) is 0.148. The molecule has 246 valence electrons. The summed E-state index contributed by atoms with van der Waals surface area (Å²) >= 11 is 6.86. The molecule has 2 aromatic heterocycles. The SMILES string of the molecule is Cc1c(COc2cc(OCc3cncc(C#N)c3)c(CN3CCCCC3)cc2Cl)cccc1-c1ccc2oc(C3CCN(C)C3)nc2c1. The Kier molecular flexibility index (Phi) is 9.62. The van der Waals surface area contributed by atoms with Crippen molar-refractivity contribution >= 4 is 22.7 Å². The lowest BCUT2D eigenvalue weighted by atomic mass is 9.96. The second kappa shape index (κ2) is 14.4. The first-order valence-corrected chi connectivity index (χ1v) is 17.1. The Hall–Kier alpha value is -4.42. The maximum absolute atomic E-state index is 9.31. The molecule has 2 saturated heterocycles. The van der Waals surface area contributed by atoms with Gasteiger partial charge in [-0.2, -0.15) is 5.26 Å². The van der Waals surface area contributed by atoms with Crippen LogP contribution in [-0.2, 0) is 19.8 Å². The maximum Gasteiger partial charge on any atom is 0.199 e. The molecule has 1 atom stereocenters. The van der Waals surface area contributed by atoms with E-state index in [1.54, 1.807) is 18.5 Å². The fourth-order valence-corrected chi connectivity index (χ4v) is 7.06. The molecule has 9 heteroatoms. The van der Waals surface area contributed by atoms with Crippen molar-refractivity contribution in [3.63, 3.8) is 0 Å². The third-order valence-corrected chi connectivity index (χ3v) is 9.86. The summed E-state index contributed by atoms with van der Waals surface area (Å²) in [5.41, 5.74) is 8.49. The normalized spacial score (nSPS) is 17.1. The van der Waals surface area contributed by atoms with Gasteiger partial charge in [0.2, 0.25) is 0 Å². The monoisotopic (exact) mass is 661 g/mol. The Morgan fingerprint density at radius 3 is 2.62 bits per heavy atom. The van der Waals surface area contributed by atoms with E-state index in [2.05, 4.69) is 65.2 Å².